The predicted molar refractivity (Wildman–Crippen MR) is 69.3 cm³/mol. The maximum absolute atomic E-state index is 8.83. The van der Waals surface area contributed by atoms with Gasteiger partial charge >= 0.3 is 0 Å². The largest absolute Gasteiger partial charge is 0.496 e. The number of nitriles is 1. The van der Waals surface area contributed by atoms with Crippen molar-refractivity contribution in [3.8, 4) is 23.2 Å². The van der Waals surface area contributed by atoms with Gasteiger partial charge in [-0.3, -0.25) is 0 Å². The van der Waals surface area contributed by atoms with Crippen molar-refractivity contribution in [2.75, 3.05) is 7.11 Å². The van der Waals surface area contributed by atoms with Gasteiger partial charge in [0.2, 0.25) is 0 Å². The van der Waals surface area contributed by atoms with Crippen LogP contribution in [0.5, 0.6) is 5.75 Å². The molecule has 18 heavy (non-hydrogen) atoms. The van der Waals surface area contributed by atoms with Crippen LogP contribution in [0.1, 0.15) is 11.4 Å². The number of rotatable bonds is 3. The average molecular weight is 241 g/mol. The molecule has 0 spiro atoms. The topological polar surface area (TPSA) is 50.8 Å². The second-order valence-electron chi connectivity index (χ2n) is 4.06. The van der Waals surface area contributed by atoms with Crippen LogP contribution in [-0.4, -0.2) is 16.7 Å². The smallest absolute Gasteiger partial charge is 0.143 e. The molecular weight excluding hydrogens is 226 g/mol. The Hall–Kier alpha value is -2.28. The predicted octanol–water partition coefficient (Wildman–Crippen LogP) is 2.47. The molecule has 1 aromatic heterocycles. The summed E-state index contributed by atoms with van der Waals surface area (Å²) in [4.78, 5) is 4.54. The molecule has 0 aliphatic carbocycles. The summed E-state index contributed by atoms with van der Waals surface area (Å²) in [6, 6.07) is 9.92. The fourth-order valence-electron chi connectivity index (χ4n) is 2.06. The maximum Gasteiger partial charge on any atom is 0.143 e. The number of ether oxygens (including phenoxy) is 1. The van der Waals surface area contributed by atoms with Crippen molar-refractivity contribution in [3.63, 3.8) is 0 Å². The summed E-state index contributed by atoms with van der Waals surface area (Å²) in [6.45, 7) is 1.92. The van der Waals surface area contributed by atoms with Gasteiger partial charge in [-0.15, -0.1) is 0 Å². The summed E-state index contributed by atoms with van der Waals surface area (Å²) in [7, 11) is 3.57. The molecule has 0 amide bonds. The number of benzene rings is 1. The van der Waals surface area contributed by atoms with Crippen LogP contribution in [-0.2, 0) is 13.5 Å². The van der Waals surface area contributed by atoms with E-state index in [9.17, 15) is 0 Å². The number of nitrogens with zero attached hydrogens (tertiary/aromatic N) is 3. The maximum atomic E-state index is 8.83. The zero-order valence-electron chi connectivity index (χ0n) is 10.8. The lowest BCUT2D eigenvalue weighted by molar-refractivity contribution is 0.416. The van der Waals surface area contributed by atoms with E-state index in [-0.39, 0.29) is 0 Å². The molecule has 0 saturated carbocycles. The Morgan fingerprint density at radius 2 is 2.11 bits per heavy atom. The molecule has 0 unspecified atom stereocenters. The van der Waals surface area contributed by atoms with E-state index < -0.39 is 0 Å². The Morgan fingerprint density at radius 1 is 1.39 bits per heavy atom. The molecule has 4 heteroatoms. The van der Waals surface area contributed by atoms with Crippen LogP contribution < -0.4 is 4.74 Å². The van der Waals surface area contributed by atoms with Crippen molar-refractivity contribution in [2.45, 2.75) is 13.3 Å². The van der Waals surface area contributed by atoms with Gasteiger partial charge in [0.05, 0.1) is 36.6 Å². The van der Waals surface area contributed by atoms with Gasteiger partial charge in [0.1, 0.15) is 11.6 Å². The van der Waals surface area contributed by atoms with Gasteiger partial charge in [-0.25, -0.2) is 4.98 Å². The molecule has 2 rings (SSSR count). The third kappa shape index (κ3) is 1.95. The third-order valence-corrected chi connectivity index (χ3v) is 3.01. The van der Waals surface area contributed by atoms with E-state index in [2.05, 4.69) is 11.1 Å². The molecule has 1 heterocycles. The van der Waals surface area contributed by atoms with Gasteiger partial charge in [0, 0.05) is 7.05 Å². The van der Waals surface area contributed by atoms with Crippen LogP contribution >= 0.6 is 0 Å². The van der Waals surface area contributed by atoms with E-state index in [4.69, 9.17) is 10.00 Å². The monoisotopic (exact) mass is 241 g/mol. The Labute approximate surface area is 106 Å². The second kappa shape index (κ2) is 4.92. The number of hydrogen-bond donors (Lipinski definition) is 0. The molecule has 0 N–H and O–H groups in total. The van der Waals surface area contributed by atoms with Gasteiger partial charge in [-0.2, -0.15) is 5.26 Å². The van der Waals surface area contributed by atoms with E-state index in [1.54, 1.807) is 7.11 Å². The van der Waals surface area contributed by atoms with Crippen molar-refractivity contribution in [3.05, 3.63) is 35.7 Å². The van der Waals surface area contributed by atoms with Gasteiger partial charge < -0.3 is 9.30 Å². The molecule has 0 saturated heterocycles. The van der Waals surface area contributed by atoms with E-state index >= 15 is 0 Å². The first-order valence-corrected chi connectivity index (χ1v) is 5.71. The number of aromatic nitrogens is 2. The van der Waals surface area contributed by atoms with Crippen molar-refractivity contribution in [2.24, 2.45) is 7.05 Å². The van der Waals surface area contributed by atoms with E-state index in [1.165, 1.54) is 0 Å². The summed E-state index contributed by atoms with van der Waals surface area (Å²) >= 11 is 0. The van der Waals surface area contributed by atoms with Crippen molar-refractivity contribution >= 4 is 0 Å². The number of methoxy groups -OCH3 is 1. The van der Waals surface area contributed by atoms with Crippen LogP contribution in [0.3, 0.4) is 0 Å². The zero-order valence-corrected chi connectivity index (χ0v) is 10.8. The van der Waals surface area contributed by atoms with E-state index in [1.807, 2.05) is 42.8 Å². The summed E-state index contributed by atoms with van der Waals surface area (Å²) in [6.07, 6.45) is 0.366. The molecule has 0 atom stereocenters. The lowest BCUT2D eigenvalue weighted by Gasteiger charge is -2.08. The molecule has 4 nitrogen and oxygen atoms in total. The third-order valence-electron chi connectivity index (χ3n) is 3.01. The summed E-state index contributed by atoms with van der Waals surface area (Å²) in [5.41, 5.74) is 2.77. The number of hydrogen-bond acceptors (Lipinski definition) is 3. The highest BCUT2D eigenvalue weighted by Gasteiger charge is 2.15. The lowest BCUT2D eigenvalue weighted by atomic mass is 10.2. The zero-order chi connectivity index (χ0) is 13.1. The Bertz CT molecular complexity index is 608. The highest BCUT2D eigenvalue weighted by molar-refractivity contribution is 5.65. The van der Waals surface area contributed by atoms with Crippen LogP contribution in [0.2, 0.25) is 0 Å². The van der Waals surface area contributed by atoms with E-state index in [0.717, 1.165) is 28.5 Å². The van der Waals surface area contributed by atoms with Gasteiger partial charge in [-0.1, -0.05) is 12.1 Å². The second-order valence-corrected chi connectivity index (χ2v) is 4.06. The molecule has 1 aromatic carbocycles. The fourth-order valence-corrected chi connectivity index (χ4v) is 2.06. The normalized spacial score (nSPS) is 10.1. The van der Waals surface area contributed by atoms with Crippen LogP contribution in [0.4, 0.5) is 0 Å². The quantitative estimate of drug-likeness (QED) is 0.829. The first-order chi connectivity index (χ1) is 8.69. The van der Waals surface area contributed by atoms with Crippen LogP contribution in [0, 0.1) is 18.3 Å². The summed E-state index contributed by atoms with van der Waals surface area (Å²) < 4.78 is 7.30. The van der Waals surface area contributed by atoms with Gasteiger partial charge in [0.15, 0.2) is 0 Å². The standard InChI is InChI=1S/C14H15N3O/c1-10-12(8-9-15)17(2)14(16-10)11-6-4-5-7-13(11)18-3/h4-7H,8H2,1-3H3. The van der Waals surface area contributed by atoms with Crippen molar-refractivity contribution in [1.29, 1.82) is 5.26 Å². The Balaban J connectivity index is 2.59. The number of aryl methyl sites for hydroxylation is 1. The molecule has 0 aliphatic heterocycles. The first-order valence-electron chi connectivity index (χ1n) is 5.71. The number of imidazole rings is 1. The first kappa shape index (κ1) is 12.2. The molecule has 0 bridgehead atoms. The molecule has 0 aliphatic rings. The van der Waals surface area contributed by atoms with E-state index in [0.29, 0.717) is 6.42 Å². The molecule has 92 valence electrons. The summed E-state index contributed by atoms with van der Waals surface area (Å²) in [5.74, 6) is 1.62. The van der Waals surface area contributed by atoms with Gasteiger partial charge in [0.25, 0.3) is 0 Å². The molecule has 2 aromatic rings. The van der Waals surface area contributed by atoms with Crippen molar-refractivity contribution in [1.82, 2.24) is 9.55 Å². The molecular formula is C14H15N3O. The Morgan fingerprint density at radius 3 is 2.78 bits per heavy atom. The summed E-state index contributed by atoms with van der Waals surface area (Å²) in [5, 5.41) is 8.83. The minimum Gasteiger partial charge on any atom is -0.496 e. The minimum absolute atomic E-state index is 0.366. The highest BCUT2D eigenvalue weighted by atomic mass is 16.5. The lowest BCUT2D eigenvalue weighted by Crippen LogP contribution is -1.99. The Kier molecular flexibility index (Phi) is 3.33. The van der Waals surface area contributed by atoms with Crippen LogP contribution in [0.15, 0.2) is 24.3 Å². The van der Waals surface area contributed by atoms with Gasteiger partial charge in [-0.05, 0) is 19.1 Å². The fraction of sp³-hybridized carbons (Fsp3) is 0.286. The number of para-hydroxylation sites is 1. The molecule has 0 radical (unpaired) electrons. The average Bonchev–Trinajstić information content (AvgIpc) is 2.67. The minimum atomic E-state index is 0.366. The molecule has 0 fully saturated rings. The SMILES string of the molecule is COc1ccccc1-c1nc(C)c(CC#N)n1C. The van der Waals surface area contributed by atoms with Crippen molar-refractivity contribution < 1.29 is 4.74 Å². The highest BCUT2D eigenvalue weighted by Crippen LogP contribution is 2.29. The van der Waals surface area contributed by atoms with Crippen LogP contribution in [0.25, 0.3) is 11.4 Å².